The van der Waals surface area contributed by atoms with Gasteiger partial charge in [-0.3, -0.25) is 0 Å². The Morgan fingerprint density at radius 1 is 1.06 bits per heavy atom. The van der Waals surface area contributed by atoms with Gasteiger partial charge in [0, 0.05) is 14.3 Å². The molecule has 0 radical (unpaired) electrons. The minimum Gasteiger partial charge on any atom is -0.494 e. The molecule has 2 aromatic carbocycles. The topological polar surface area (TPSA) is 9.23 Å². The lowest BCUT2D eigenvalue weighted by Crippen LogP contribution is -1.87. The fraction of sp³-hybridized carbons (Fsp3) is 0.0769. The third kappa shape index (κ3) is 3.23. The van der Waals surface area contributed by atoms with Crippen molar-refractivity contribution >= 4 is 27.7 Å². The molecule has 0 heterocycles. The molecule has 0 amide bonds. The predicted molar refractivity (Wildman–Crippen MR) is 71.2 cm³/mol. The Hall–Kier alpha value is -1.00. The molecular formula is C13H10BrFOS. The standard InChI is InChI=1S/C13H10BrFOS/c1-16-13-7-6-11(8-12(13)15)17-10-4-2-9(14)3-5-10/h2-8H,1H3. The van der Waals surface area contributed by atoms with Crippen LogP contribution in [-0.4, -0.2) is 7.11 Å². The average Bonchev–Trinajstić information content (AvgIpc) is 2.32. The molecule has 17 heavy (non-hydrogen) atoms. The molecule has 0 aliphatic rings. The first-order chi connectivity index (χ1) is 8.19. The van der Waals surface area contributed by atoms with Gasteiger partial charge in [-0.05, 0) is 42.5 Å². The summed E-state index contributed by atoms with van der Waals surface area (Å²) in [6, 6.07) is 12.8. The Labute approximate surface area is 112 Å². The zero-order chi connectivity index (χ0) is 12.3. The number of hydrogen-bond acceptors (Lipinski definition) is 2. The summed E-state index contributed by atoms with van der Waals surface area (Å²) in [6.45, 7) is 0. The van der Waals surface area contributed by atoms with Crippen molar-refractivity contribution < 1.29 is 9.13 Å². The van der Waals surface area contributed by atoms with Gasteiger partial charge in [0.25, 0.3) is 0 Å². The van der Waals surface area contributed by atoms with Crippen LogP contribution in [0.1, 0.15) is 0 Å². The molecule has 0 aromatic heterocycles. The van der Waals surface area contributed by atoms with E-state index in [-0.39, 0.29) is 11.6 Å². The van der Waals surface area contributed by atoms with E-state index in [1.54, 1.807) is 6.07 Å². The van der Waals surface area contributed by atoms with E-state index < -0.39 is 0 Å². The first-order valence-electron chi connectivity index (χ1n) is 4.96. The monoisotopic (exact) mass is 312 g/mol. The Bertz CT molecular complexity index is 513. The van der Waals surface area contributed by atoms with Crippen LogP contribution in [0.15, 0.2) is 56.7 Å². The van der Waals surface area contributed by atoms with E-state index in [1.165, 1.54) is 24.9 Å². The Kier molecular flexibility index (Phi) is 4.07. The summed E-state index contributed by atoms with van der Waals surface area (Å²) >= 11 is 4.89. The lowest BCUT2D eigenvalue weighted by Gasteiger charge is -2.05. The van der Waals surface area contributed by atoms with Crippen LogP contribution in [0.5, 0.6) is 5.75 Å². The molecule has 2 rings (SSSR count). The highest BCUT2D eigenvalue weighted by Gasteiger charge is 2.04. The van der Waals surface area contributed by atoms with Crippen LogP contribution in [0.4, 0.5) is 4.39 Å². The van der Waals surface area contributed by atoms with Gasteiger partial charge in [-0.15, -0.1) is 0 Å². The molecule has 0 N–H and O–H groups in total. The van der Waals surface area contributed by atoms with Gasteiger partial charge in [0.15, 0.2) is 11.6 Å². The number of rotatable bonds is 3. The first-order valence-corrected chi connectivity index (χ1v) is 6.57. The molecule has 0 atom stereocenters. The molecule has 2 aromatic rings. The van der Waals surface area contributed by atoms with E-state index in [0.29, 0.717) is 0 Å². The van der Waals surface area contributed by atoms with Crippen molar-refractivity contribution in [1.82, 2.24) is 0 Å². The van der Waals surface area contributed by atoms with E-state index >= 15 is 0 Å². The van der Waals surface area contributed by atoms with Gasteiger partial charge in [0.2, 0.25) is 0 Å². The number of hydrogen-bond donors (Lipinski definition) is 0. The summed E-state index contributed by atoms with van der Waals surface area (Å²) < 4.78 is 19.4. The lowest BCUT2D eigenvalue weighted by molar-refractivity contribution is 0.385. The van der Waals surface area contributed by atoms with Gasteiger partial charge < -0.3 is 4.74 Å². The molecule has 1 nitrogen and oxygen atoms in total. The summed E-state index contributed by atoms with van der Waals surface area (Å²) in [4.78, 5) is 1.92. The average molecular weight is 313 g/mol. The second-order valence-electron chi connectivity index (χ2n) is 3.35. The van der Waals surface area contributed by atoms with Gasteiger partial charge in [-0.25, -0.2) is 4.39 Å². The number of ether oxygens (including phenoxy) is 1. The molecule has 0 fully saturated rings. The summed E-state index contributed by atoms with van der Waals surface area (Å²) in [5.41, 5.74) is 0. The molecule has 4 heteroatoms. The summed E-state index contributed by atoms with van der Waals surface area (Å²) in [7, 11) is 1.46. The first kappa shape index (κ1) is 12.5. The van der Waals surface area contributed by atoms with Gasteiger partial charge >= 0.3 is 0 Å². The second kappa shape index (κ2) is 5.56. The largest absolute Gasteiger partial charge is 0.494 e. The van der Waals surface area contributed by atoms with Crippen molar-refractivity contribution in [1.29, 1.82) is 0 Å². The van der Waals surface area contributed by atoms with Crippen molar-refractivity contribution in [2.45, 2.75) is 9.79 Å². The number of methoxy groups -OCH3 is 1. The smallest absolute Gasteiger partial charge is 0.166 e. The molecule has 0 bridgehead atoms. The third-order valence-electron chi connectivity index (χ3n) is 2.17. The highest BCUT2D eigenvalue weighted by Crippen LogP contribution is 2.31. The van der Waals surface area contributed by atoms with Crippen LogP contribution in [0, 0.1) is 5.82 Å². The maximum absolute atomic E-state index is 13.5. The SMILES string of the molecule is COc1ccc(Sc2ccc(Br)cc2)cc1F. The Balaban J connectivity index is 2.19. The minimum atomic E-state index is -0.338. The fourth-order valence-corrected chi connectivity index (χ4v) is 2.46. The molecule has 0 spiro atoms. The third-order valence-corrected chi connectivity index (χ3v) is 3.70. The van der Waals surface area contributed by atoms with E-state index in [0.717, 1.165) is 14.3 Å². The van der Waals surface area contributed by atoms with Crippen molar-refractivity contribution in [2.24, 2.45) is 0 Å². The van der Waals surface area contributed by atoms with Gasteiger partial charge in [0.05, 0.1) is 7.11 Å². The lowest BCUT2D eigenvalue weighted by atomic mass is 10.3. The molecule has 0 saturated carbocycles. The number of benzene rings is 2. The predicted octanol–water partition coefficient (Wildman–Crippen LogP) is 4.75. The quantitative estimate of drug-likeness (QED) is 0.809. The Morgan fingerprint density at radius 3 is 2.29 bits per heavy atom. The minimum absolute atomic E-state index is 0.269. The molecule has 0 aliphatic carbocycles. The van der Waals surface area contributed by atoms with E-state index in [1.807, 2.05) is 30.3 Å². The van der Waals surface area contributed by atoms with Crippen LogP contribution < -0.4 is 4.74 Å². The molecular weight excluding hydrogens is 303 g/mol. The van der Waals surface area contributed by atoms with Crippen molar-refractivity contribution in [3.05, 3.63) is 52.8 Å². The second-order valence-corrected chi connectivity index (χ2v) is 5.41. The van der Waals surface area contributed by atoms with Gasteiger partial charge in [-0.1, -0.05) is 27.7 Å². The summed E-state index contributed by atoms with van der Waals surface area (Å²) in [6.07, 6.45) is 0. The molecule has 88 valence electrons. The molecule has 0 unspecified atom stereocenters. The van der Waals surface area contributed by atoms with Gasteiger partial charge in [-0.2, -0.15) is 0 Å². The van der Waals surface area contributed by atoms with Crippen molar-refractivity contribution in [3.8, 4) is 5.75 Å². The van der Waals surface area contributed by atoms with Crippen molar-refractivity contribution in [2.75, 3.05) is 7.11 Å². The van der Waals surface area contributed by atoms with Crippen molar-refractivity contribution in [3.63, 3.8) is 0 Å². The van der Waals surface area contributed by atoms with Gasteiger partial charge in [0.1, 0.15) is 0 Å². The Morgan fingerprint density at radius 2 is 1.71 bits per heavy atom. The highest BCUT2D eigenvalue weighted by atomic mass is 79.9. The molecule has 0 saturated heterocycles. The van der Waals surface area contributed by atoms with Crippen LogP contribution in [0.2, 0.25) is 0 Å². The number of halogens is 2. The molecule has 0 aliphatic heterocycles. The van der Waals surface area contributed by atoms with E-state index in [9.17, 15) is 4.39 Å². The highest BCUT2D eigenvalue weighted by molar-refractivity contribution is 9.10. The normalized spacial score (nSPS) is 10.3. The van der Waals surface area contributed by atoms with E-state index in [2.05, 4.69) is 15.9 Å². The zero-order valence-corrected chi connectivity index (χ0v) is 11.5. The zero-order valence-electron chi connectivity index (χ0n) is 9.11. The van der Waals surface area contributed by atoms with E-state index in [4.69, 9.17) is 4.74 Å². The van der Waals surface area contributed by atoms with Crippen LogP contribution in [0.25, 0.3) is 0 Å². The van der Waals surface area contributed by atoms with Crippen LogP contribution in [0.3, 0.4) is 0 Å². The summed E-state index contributed by atoms with van der Waals surface area (Å²) in [5, 5.41) is 0. The van der Waals surface area contributed by atoms with Crippen LogP contribution >= 0.6 is 27.7 Å². The maximum atomic E-state index is 13.5. The van der Waals surface area contributed by atoms with Crippen LogP contribution in [-0.2, 0) is 0 Å². The fourth-order valence-electron chi connectivity index (χ4n) is 1.35. The summed E-state index contributed by atoms with van der Waals surface area (Å²) in [5.74, 6) is -0.0697. The maximum Gasteiger partial charge on any atom is 0.166 e.